The molecule has 0 fully saturated rings. The fraction of sp³-hybridized carbons (Fsp3) is 0.500. The van der Waals surface area contributed by atoms with Gasteiger partial charge in [0.25, 0.3) is 0 Å². The molecule has 2 rings (SSSR count). The third-order valence-corrected chi connectivity index (χ3v) is 4.20. The summed E-state index contributed by atoms with van der Waals surface area (Å²) in [4.78, 5) is 0. The van der Waals surface area contributed by atoms with Gasteiger partial charge in [0.1, 0.15) is 6.33 Å². The van der Waals surface area contributed by atoms with Crippen LogP contribution in [0.15, 0.2) is 30.6 Å². The van der Waals surface area contributed by atoms with Gasteiger partial charge in [0.2, 0.25) is 0 Å². The van der Waals surface area contributed by atoms with Crippen LogP contribution in [-0.2, 0) is 0 Å². The van der Waals surface area contributed by atoms with E-state index >= 15 is 0 Å². The van der Waals surface area contributed by atoms with Gasteiger partial charge in [-0.15, -0.1) is 5.10 Å². The average Bonchev–Trinajstić information content (AvgIpc) is 3.05. The van der Waals surface area contributed by atoms with Crippen LogP contribution in [-0.4, -0.2) is 50.0 Å². The fourth-order valence-electron chi connectivity index (χ4n) is 1.95. The third kappa shape index (κ3) is 5.11. The fourth-order valence-corrected chi connectivity index (χ4v) is 2.75. The maximum absolute atomic E-state index is 8.72. The van der Waals surface area contributed by atoms with E-state index in [-0.39, 0.29) is 12.6 Å². The lowest BCUT2D eigenvalue weighted by Crippen LogP contribution is -2.21. The van der Waals surface area contributed by atoms with Crippen molar-refractivity contribution in [1.29, 1.82) is 0 Å². The Balaban J connectivity index is 1.82. The Morgan fingerprint density at radius 2 is 2.29 bits per heavy atom. The second-order valence-electron chi connectivity index (χ2n) is 4.71. The van der Waals surface area contributed by atoms with Gasteiger partial charge in [0, 0.05) is 24.9 Å². The molecule has 0 saturated carbocycles. The highest BCUT2D eigenvalue weighted by atomic mass is 32.2. The van der Waals surface area contributed by atoms with Crippen LogP contribution in [0.4, 0.5) is 0 Å². The van der Waals surface area contributed by atoms with Crippen molar-refractivity contribution in [2.24, 2.45) is 0 Å². The maximum Gasteiger partial charge on any atom is 0.143 e. The molecule has 114 valence electrons. The molecule has 1 heterocycles. The molecule has 0 aliphatic rings. The summed E-state index contributed by atoms with van der Waals surface area (Å²) >= 11 is 1.86. The molecule has 0 aliphatic heterocycles. The van der Waals surface area contributed by atoms with Gasteiger partial charge in [-0.05, 0) is 47.2 Å². The Bertz CT molecular complexity index is 520. The first-order valence-corrected chi connectivity index (χ1v) is 8.22. The van der Waals surface area contributed by atoms with Crippen LogP contribution in [0.2, 0.25) is 0 Å². The number of aliphatic hydroxyl groups is 1. The van der Waals surface area contributed by atoms with Crippen LogP contribution in [0, 0.1) is 0 Å². The third-order valence-electron chi connectivity index (χ3n) is 3.13. The summed E-state index contributed by atoms with van der Waals surface area (Å²) in [5, 5.41) is 23.4. The number of benzene rings is 1. The molecule has 0 aliphatic carbocycles. The maximum atomic E-state index is 8.72. The predicted molar refractivity (Wildman–Crippen MR) is 84.6 cm³/mol. The molecule has 0 spiro atoms. The van der Waals surface area contributed by atoms with Gasteiger partial charge < -0.3 is 10.4 Å². The molecular formula is C14H21N5OS. The highest BCUT2D eigenvalue weighted by Gasteiger charge is 2.06. The van der Waals surface area contributed by atoms with Crippen LogP contribution in [0.5, 0.6) is 0 Å². The summed E-state index contributed by atoms with van der Waals surface area (Å²) in [5.74, 6) is 2.07. The van der Waals surface area contributed by atoms with Gasteiger partial charge in [0.05, 0.1) is 5.69 Å². The number of aliphatic hydroxyl groups excluding tert-OH is 1. The molecule has 21 heavy (non-hydrogen) atoms. The molecule has 0 amide bonds. The highest BCUT2D eigenvalue weighted by molar-refractivity contribution is 7.99. The molecule has 1 atom stereocenters. The topological polar surface area (TPSA) is 75.9 Å². The second kappa shape index (κ2) is 8.76. The minimum atomic E-state index is 0.278. The first-order chi connectivity index (χ1) is 10.3. The SMILES string of the molecule is CC(NCCSCCCO)c1cccc(-n2cnnn2)c1. The summed E-state index contributed by atoms with van der Waals surface area (Å²) in [5.41, 5.74) is 2.17. The Morgan fingerprint density at radius 3 is 3.05 bits per heavy atom. The minimum Gasteiger partial charge on any atom is -0.396 e. The van der Waals surface area contributed by atoms with Gasteiger partial charge in [-0.3, -0.25) is 0 Å². The van der Waals surface area contributed by atoms with Crippen LogP contribution in [0.25, 0.3) is 5.69 Å². The standard InChI is InChI=1S/C14H21N5OS/c1-12(15-6-9-21-8-3-7-20)13-4-2-5-14(10-13)19-11-16-17-18-19/h2,4-5,10-12,15,20H,3,6-9H2,1H3. The minimum absolute atomic E-state index is 0.278. The molecule has 2 aromatic rings. The number of rotatable bonds is 9. The lowest BCUT2D eigenvalue weighted by molar-refractivity contribution is 0.296. The van der Waals surface area contributed by atoms with E-state index in [2.05, 4.69) is 39.9 Å². The Hall–Kier alpha value is -1.44. The molecular weight excluding hydrogens is 286 g/mol. The Kier molecular flexibility index (Phi) is 6.65. The zero-order chi connectivity index (χ0) is 14.9. The zero-order valence-corrected chi connectivity index (χ0v) is 13.0. The summed E-state index contributed by atoms with van der Waals surface area (Å²) < 4.78 is 1.65. The van der Waals surface area contributed by atoms with Gasteiger partial charge >= 0.3 is 0 Å². The van der Waals surface area contributed by atoms with Crippen molar-refractivity contribution >= 4 is 11.8 Å². The van der Waals surface area contributed by atoms with E-state index in [0.717, 1.165) is 30.2 Å². The monoisotopic (exact) mass is 307 g/mol. The lowest BCUT2D eigenvalue weighted by Gasteiger charge is -2.15. The van der Waals surface area contributed by atoms with E-state index in [1.807, 2.05) is 23.9 Å². The smallest absolute Gasteiger partial charge is 0.143 e. The van der Waals surface area contributed by atoms with Crippen LogP contribution >= 0.6 is 11.8 Å². The van der Waals surface area contributed by atoms with Crippen molar-refractivity contribution in [2.75, 3.05) is 24.7 Å². The number of hydrogen-bond donors (Lipinski definition) is 2. The quantitative estimate of drug-likeness (QED) is 0.683. The summed E-state index contributed by atoms with van der Waals surface area (Å²) in [6.07, 6.45) is 2.46. The molecule has 0 saturated heterocycles. The van der Waals surface area contributed by atoms with Crippen LogP contribution < -0.4 is 5.32 Å². The van der Waals surface area contributed by atoms with Gasteiger partial charge in [-0.1, -0.05) is 12.1 Å². The van der Waals surface area contributed by atoms with Crippen molar-refractivity contribution in [3.05, 3.63) is 36.2 Å². The van der Waals surface area contributed by atoms with Crippen LogP contribution in [0.3, 0.4) is 0 Å². The first kappa shape index (κ1) is 15.9. The molecule has 0 bridgehead atoms. The number of nitrogens with one attached hydrogen (secondary N) is 1. The highest BCUT2D eigenvalue weighted by Crippen LogP contribution is 2.16. The molecule has 2 N–H and O–H groups in total. The largest absolute Gasteiger partial charge is 0.396 e. The van der Waals surface area contributed by atoms with Gasteiger partial charge in [-0.25, -0.2) is 4.68 Å². The molecule has 0 radical (unpaired) electrons. The predicted octanol–water partition coefficient (Wildman–Crippen LogP) is 1.43. The number of thioether (sulfide) groups is 1. The van der Waals surface area contributed by atoms with Crippen LogP contribution in [0.1, 0.15) is 24.9 Å². The summed E-state index contributed by atoms with van der Waals surface area (Å²) in [7, 11) is 0. The summed E-state index contributed by atoms with van der Waals surface area (Å²) in [6.45, 7) is 3.38. The van der Waals surface area contributed by atoms with E-state index in [1.165, 1.54) is 5.56 Å². The first-order valence-electron chi connectivity index (χ1n) is 7.06. The number of nitrogens with zero attached hydrogens (tertiary/aromatic N) is 4. The van der Waals surface area contributed by atoms with E-state index in [0.29, 0.717) is 0 Å². The Morgan fingerprint density at radius 1 is 1.38 bits per heavy atom. The van der Waals surface area contributed by atoms with Crippen molar-refractivity contribution < 1.29 is 5.11 Å². The van der Waals surface area contributed by atoms with E-state index < -0.39 is 0 Å². The average molecular weight is 307 g/mol. The van der Waals surface area contributed by atoms with Crippen molar-refractivity contribution in [3.8, 4) is 5.69 Å². The molecule has 1 unspecified atom stereocenters. The molecule has 7 heteroatoms. The van der Waals surface area contributed by atoms with Crippen molar-refractivity contribution in [1.82, 2.24) is 25.5 Å². The van der Waals surface area contributed by atoms with E-state index in [1.54, 1.807) is 11.0 Å². The van der Waals surface area contributed by atoms with Crippen molar-refractivity contribution in [3.63, 3.8) is 0 Å². The number of tetrazole rings is 1. The number of hydrogen-bond acceptors (Lipinski definition) is 6. The normalized spacial score (nSPS) is 12.5. The molecule has 1 aromatic heterocycles. The lowest BCUT2D eigenvalue weighted by atomic mass is 10.1. The zero-order valence-electron chi connectivity index (χ0n) is 12.1. The van der Waals surface area contributed by atoms with Crippen molar-refractivity contribution in [2.45, 2.75) is 19.4 Å². The van der Waals surface area contributed by atoms with Gasteiger partial charge in [-0.2, -0.15) is 11.8 Å². The molecule has 6 nitrogen and oxygen atoms in total. The second-order valence-corrected chi connectivity index (χ2v) is 5.94. The number of aromatic nitrogens is 4. The Labute approximate surface area is 128 Å². The van der Waals surface area contributed by atoms with E-state index in [4.69, 9.17) is 5.11 Å². The van der Waals surface area contributed by atoms with E-state index in [9.17, 15) is 0 Å². The summed E-state index contributed by atoms with van der Waals surface area (Å²) in [6, 6.07) is 8.47. The van der Waals surface area contributed by atoms with Gasteiger partial charge in [0.15, 0.2) is 0 Å². The molecule has 1 aromatic carbocycles.